The molecular weight excluding hydrogens is 502 g/mol. The van der Waals surface area contributed by atoms with Crippen LogP contribution in [0.2, 0.25) is 0 Å². The van der Waals surface area contributed by atoms with Crippen molar-refractivity contribution >= 4 is 28.1 Å². The largest absolute Gasteiger partial charge is 0.490 e. The van der Waals surface area contributed by atoms with Gasteiger partial charge in [-0.05, 0) is 102 Å². The Balaban J connectivity index is 1.43. The number of ether oxygens (including phenoxy) is 1. The van der Waals surface area contributed by atoms with Gasteiger partial charge in [0.05, 0.1) is 22.5 Å². The van der Waals surface area contributed by atoms with Crippen LogP contribution in [0.15, 0.2) is 94.5 Å². The number of nitrogens with one attached hydrogen (secondary N) is 1. The number of rotatable bonds is 8. The summed E-state index contributed by atoms with van der Waals surface area (Å²) >= 11 is 3.53. The third-order valence-electron chi connectivity index (χ3n) is 5.77. The molecule has 6 heteroatoms. The average molecular weight is 530 g/mol. The molecule has 0 saturated heterocycles. The molecule has 1 aromatic heterocycles. The second-order valence-electron chi connectivity index (χ2n) is 8.33. The van der Waals surface area contributed by atoms with Gasteiger partial charge in [0, 0.05) is 16.9 Å². The third kappa shape index (κ3) is 5.89. The first-order valence-corrected chi connectivity index (χ1v) is 12.4. The van der Waals surface area contributed by atoms with Crippen LogP contribution in [0.1, 0.15) is 41.9 Å². The van der Waals surface area contributed by atoms with Gasteiger partial charge < -0.3 is 9.30 Å². The Morgan fingerprint density at radius 3 is 2.49 bits per heavy atom. The number of carbonyl (C=O) groups is 1. The Hall–Kier alpha value is -3.64. The molecule has 4 aromatic rings. The van der Waals surface area contributed by atoms with E-state index in [9.17, 15) is 4.79 Å². The molecule has 1 N–H and O–H groups in total. The van der Waals surface area contributed by atoms with Crippen LogP contribution in [0, 0.1) is 6.92 Å². The smallest absolute Gasteiger partial charge is 0.271 e. The molecule has 0 fully saturated rings. The van der Waals surface area contributed by atoms with Crippen LogP contribution in [0.5, 0.6) is 5.75 Å². The Kier molecular flexibility index (Phi) is 7.83. The summed E-state index contributed by atoms with van der Waals surface area (Å²) in [5.41, 5.74) is 8.36. The lowest BCUT2D eigenvalue weighted by atomic mass is 10.1. The van der Waals surface area contributed by atoms with Gasteiger partial charge in [-0.1, -0.05) is 37.3 Å². The van der Waals surface area contributed by atoms with Crippen LogP contribution >= 0.6 is 15.9 Å². The number of benzene rings is 3. The van der Waals surface area contributed by atoms with Crippen molar-refractivity contribution in [3.05, 3.63) is 106 Å². The molecule has 0 aliphatic rings. The van der Waals surface area contributed by atoms with Crippen molar-refractivity contribution in [3.8, 4) is 22.7 Å². The summed E-state index contributed by atoms with van der Waals surface area (Å²) < 4.78 is 8.89. The van der Waals surface area contributed by atoms with E-state index in [0.29, 0.717) is 5.56 Å². The molecule has 4 rings (SSSR count). The second kappa shape index (κ2) is 11.2. The van der Waals surface area contributed by atoms with Crippen LogP contribution in [-0.2, 0) is 0 Å². The standard InChI is InChI=1S/C29H28BrN3O2/c1-4-21(3)35-28-17-11-22(18-26(28)30)19-31-32-29(34)24-12-14-25(15-13-24)33-20(2)10-16-27(33)23-8-6-5-7-9-23/h5-19,21H,4H2,1-3H3,(H,32,34)/b31-19+/t21-/m1/s1. The van der Waals surface area contributed by atoms with E-state index in [1.165, 1.54) is 0 Å². The van der Waals surface area contributed by atoms with Gasteiger partial charge in [0.15, 0.2) is 0 Å². The number of aromatic nitrogens is 1. The number of aryl methyl sites for hydroxylation is 1. The Labute approximate surface area is 214 Å². The fraction of sp³-hybridized carbons (Fsp3) is 0.172. The number of carbonyl (C=O) groups excluding carboxylic acids is 1. The van der Waals surface area contributed by atoms with Crippen molar-refractivity contribution in [3.63, 3.8) is 0 Å². The molecule has 0 bridgehead atoms. The zero-order valence-electron chi connectivity index (χ0n) is 20.0. The van der Waals surface area contributed by atoms with Crippen molar-refractivity contribution in [1.82, 2.24) is 9.99 Å². The summed E-state index contributed by atoms with van der Waals surface area (Å²) in [5, 5.41) is 4.11. The minimum Gasteiger partial charge on any atom is -0.490 e. The summed E-state index contributed by atoms with van der Waals surface area (Å²) in [5.74, 6) is 0.519. The molecule has 1 atom stereocenters. The normalized spacial score (nSPS) is 12.0. The molecule has 0 aliphatic heterocycles. The van der Waals surface area contributed by atoms with Crippen molar-refractivity contribution in [1.29, 1.82) is 0 Å². The zero-order valence-corrected chi connectivity index (χ0v) is 21.6. The highest BCUT2D eigenvalue weighted by Gasteiger charge is 2.11. The number of hydrazone groups is 1. The second-order valence-corrected chi connectivity index (χ2v) is 9.19. The van der Waals surface area contributed by atoms with Gasteiger partial charge >= 0.3 is 0 Å². The minimum absolute atomic E-state index is 0.142. The molecule has 3 aromatic carbocycles. The summed E-state index contributed by atoms with van der Waals surface area (Å²) in [6.07, 6.45) is 2.68. The number of amides is 1. The molecule has 0 spiro atoms. The van der Waals surface area contributed by atoms with Crippen LogP contribution in [0.25, 0.3) is 16.9 Å². The minimum atomic E-state index is -0.267. The van der Waals surface area contributed by atoms with E-state index in [2.05, 4.69) is 69.1 Å². The Morgan fingerprint density at radius 2 is 1.80 bits per heavy atom. The molecule has 35 heavy (non-hydrogen) atoms. The molecule has 0 radical (unpaired) electrons. The van der Waals surface area contributed by atoms with Gasteiger partial charge in [0.25, 0.3) is 5.91 Å². The fourth-order valence-corrected chi connectivity index (χ4v) is 4.19. The predicted octanol–water partition coefficient (Wildman–Crippen LogP) is 7.16. The summed E-state index contributed by atoms with van der Waals surface area (Å²) in [4.78, 5) is 12.6. The fourth-order valence-electron chi connectivity index (χ4n) is 3.70. The summed E-state index contributed by atoms with van der Waals surface area (Å²) in [6, 6.07) is 27.7. The summed E-state index contributed by atoms with van der Waals surface area (Å²) in [6.45, 7) is 6.19. The molecule has 0 aliphatic carbocycles. The van der Waals surface area contributed by atoms with E-state index < -0.39 is 0 Å². The lowest BCUT2D eigenvalue weighted by Crippen LogP contribution is -2.17. The van der Waals surface area contributed by atoms with E-state index in [1.54, 1.807) is 6.21 Å². The van der Waals surface area contributed by atoms with E-state index >= 15 is 0 Å². The first-order chi connectivity index (χ1) is 17.0. The lowest BCUT2D eigenvalue weighted by Gasteiger charge is -2.14. The molecule has 178 valence electrons. The van der Waals surface area contributed by atoms with E-state index in [1.807, 2.05) is 67.6 Å². The summed E-state index contributed by atoms with van der Waals surface area (Å²) in [7, 11) is 0. The predicted molar refractivity (Wildman–Crippen MR) is 146 cm³/mol. The number of hydrogen-bond donors (Lipinski definition) is 1. The molecule has 5 nitrogen and oxygen atoms in total. The lowest BCUT2D eigenvalue weighted by molar-refractivity contribution is 0.0955. The average Bonchev–Trinajstić information content (AvgIpc) is 3.27. The van der Waals surface area contributed by atoms with Crippen molar-refractivity contribution < 1.29 is 9.53 Å². The van der Waals surface area contributed by atoms with Crippen molar-refractivity contribution in [2.45, 2.75) is 33.3 Å². The van der Waals surface area contributed by atoms with Gasteiger partial charge in [-0.15, -0.1) is 0 Å². The van der Waals surface area contributed by atoms with Gasteiger partial charge in [0.1, 0.15) is 5.75 Å². The molecular formula is C29H28BrN3O2. The molecule has 1 heterocycles. The maximum absolute atomic E-state index is 12.6. The third-order valence-corrected chi connectivity index (χ3v) is 6.39. The number of nitrogens with zero attached hydrogens (tertiary/aromatic N) is 2. The Bertz CT molecular complexity index is 1330. The maximum atomic E-state index is 12.6. The quantitative estimate of drug-likeness (QED) is 0.194. The monoisotopic (exact) mass is 529 g/mol. The van der Waals surface area contributed by atoms with Gasteiger partial charge in [-0.3, -0.25) is 4.79 Å². The highest BCUT2D eigenvalue weighted by Crippen LogP contribution is 2.28. The van der Waals surface area contributed by atoms with Gasteiger partial charge in [-0.25, -0.2) is 5.43 Å². The first kappa shape index (κ1) is 24.5. The highest BCUT2D eigenvalue weighted by atomic mass is 79.9. The van der Waals surface area contributed by atoms with Crippen LogP contribution in [-0.4, -0.2) is 22.8 Å². The van der Waals surface area contributed by atoms with E-state index in [-0.39, 0.29) is 12.0 Å². The van der Waals surface area contributed by atoms with Crippen molar-refractivity contribution in [2.24, 2.45) is 5.10 Å². The molecule has 0 unspecified atom stereocenters. The highest BCUT2D eigenvalue weighted by molar-refractivity contribution is 9.10. The van der Waals surface area contributed by atoms with Crippen molar-refractivity contribution in [2.75, 3.05) is 0 Å². The van der Waals surface area contributed by atoms with Gasteiger partial charge in [0.2, 0.25) is 0 Å². The number of halogens is 1. The topological polar surface area (TPSA) is 55.6 Å². The van der Waals surface area contributed by atoms with Gasteiger partial charge in [-0.2, -0.15) is 5.10 Å². The molecule has 0 saturated carbocycles. The molecule has 1 amide bonds. The van der Waals surface area contributed by atoms with Crippen LogP contribution in [0.4, 0.5) is 0 Å². The zero-order chi connectivity index (χ0) is 24.8. The Morgan fingerprint density at radius 1 is 1.06 bits per heavy atom. The van der Waals surface area contributed by atoms with E-state index in [4.69, 9.17) is 4.74 Å². The van der Waals surface area contributed by atoms with Crippen LogP contribution < -0.4 is 10.2 Å². The van der Waals surface area contributed by atoms with E-state index in [0.717, 1.165) is 44.8 Å². The number of hydrogen-bond acceptors (Lipinski definition) is 3. The maximum Gasteiger partial charge on any atom is 0.271 e. The van der Waals surface area contributed by atoms with Crippen LogP contribution in [0.3, 0.4) is 0 Å². The first-order valence-electron chi connectivity index (χ1n) is 11.6. The SMILES string of the molecule is CC[C@@H](C)Oc1ccc(/C=N/NC(=O)c2ccc(-n3c(C)ccc3-c3ccccc3)cc2)cc1Br.